The zero-order valence-electron chi connectivity index (χ0n) is 18.8. The van der Waals surface area contributed by atoms with Crippen molar-refractivity contribution in [2.45, 2.75) is 50.7 Å². The number of imidazole rings is 1. The molecule has 0 bridgehead atoms. The second-order valence-corrected chi connectivity index (χ2v) is 9.23. The first kappa shape index (κ1) is 20.2. The van der Waals surface area contributed by atoms with E-state index in [0.29, 0.717) is 12.0 Å². The molecule has 0 aliphatic heterocycles. The summed E-state index contributed by atoms with van der Waals surface area (Å²) >= 11 is 0. The summed E-state index contributed by atoms with van der Waals surface area (Å²) in [5.74, 6) is 0.534. The van der Waals surface area contributed by atoms with Crippen LogP contribution in [0.4, 0.5) is 0 Å². The van der Waals surface area contributed by atoms with Crippen molar-refractivity contribution in [3.8, 4) is 0 Å². The SMILES string of the molecule is c1ccc(CN(Cc2ccccc2)C2CCC(c3cnc4cnc5[nH]ccc5n34)CC2)cc1. The molecule has 3 aromatic heterocycles. The molecule has 0 saturated heterocycles. The van der Waals surface area contributed by atoms with Gasteiger partial charge in [-0.05, 0) is 42.9 Å². The number of aromatic amines is 1. The van der Waals surface area contributed by atoms with Gasteiger partial charge in [0, 0.05) is 43.1 Å². The van der Waals surface area contributed by atoms with Gasteiger partial charge in [-0.2, -0.15) is 0 Å². The number of nitrogens with zero attached hydrogens (tertiary/aromatic N) is 4. The molecule has 5 aromatic rings. The fourth-order valence-corrected chi connectivity index (χ4v) is 5.47. The predicted molar refractivity (Wildman–Crippen MR) is 132 cm³/mol. The van der Waals surface area contributed by atoms with E-state index in [0.717, 1.165) is 29.9 Å². The first-order valence-corrected chi connectivity index (χ1v) is 12.0. The Morgan fingerprint density at radius 1 is 0.788 bits per heavy atom. The number of aromatic nitrogens is 4. The largest absolute Gasteiger partial charge is 0.345 e. The lowest BCUT2D eigenvalue weighted by atomic mass is 9.83. The zero-order chi connectivity index (χ0) is 22.0. The van der Waals surface area contributed by atoms with Gasteiger partial charge >= 0.3 is 0 Å². The summed E-state index contributed by atoms with van der Waals surface area (Å²) in [7, 11) is 0. The fourth-order valence-electron chi connectivity index (χ4n) is 5.47. The maximum atomic E-state index is 4.67. The van der Waals surface area contributed by atoms with Crippen molar-refractivity contribution < 1.29 is 0 Å². The van der Waals surface area contributed by atoms with Gasteiger partial charge in [-0.15, -0.1) is 0 Å². The Bertz CT molecular complexity index is 1290. The highest BCUT2D eigenvalue weighted by atomic mass is 15.2. The predicted octanol–water partition coefficient (Wildman–Crippen LogP) is 5.94. The van der Waals surface area contributed by atoms with Crippen molar-refractivity contribution >= 4 is 16.8 Å². The van der Waals surface area contributed by atoms with E-state index in [-0.39, 0.29) is 0 Å². The fraction of sp³-hybridized carbons (Fsp3) is 0.286. The Balaban J connectivity index is 1.22. The van der Waals surface area contributed by atoms with Crippen molar-refractivity contribution in [1.82, 2.24) is 24.3 Å². The van der Waals surface area contributed by atoms with Crippen LogP contribution in [0.1, 0.15) is 48.4 Å². The molecular weight excluding hydrogens is 406 g/mol. The third-order valence-corrected chi connectivity index (χ3v) is 7.16. The molecule has 0 unspecified atom stereocenters. The summed E-state index contributed by atoms with van der Waals surface area (Å²) in [5, 5.41) is 0. The molecule has 1 saturated carbocycles. The molecule has 0 atom stereocenters. The van der Waals surface area contributed by atoms with Crippen molar-refractivity contribution in [3.63, 3.8) is 0 Å². The van der Waals surface area contributed by atoms with Crippen LogP contribution in [0, 0.1) is 0 Å². The van der Waals surface area contributed by atoms with Gasteiger partial charge in [-0.3, -0.25) is 9.30 Å². The smallest absolute Gasteiger partial charge is 0.156 e. The van der Waals surface area contributed by atoms with E-state index in [2.05, 4.69) is 97.2 Å². The van der Waals surface area contributed by atoms with Crippen molar-refractivity contribution in [3.05, 3.63) is 102 Å². The lowest BCUT2D eigenvalue weighted by Gasteiger charge is -2.37. The number of fused-ring (bicyclic) bond motifs is 3. The number of benzene rings is 2. The minimum atomic E-state index is 0.534. The summed E-state index contributed by atoms with van der Waals surface area (Å²) in [4.78, 5) is 15.1. The zero-order valence-corrected chi connectivity index (χ0v) is 18.8. The summed E-state index contributed by atoms with van der Waals surface area (Å²) in [5.41, 5.74) is 7.09. The lowest BCUT2D eigenvalue weighted by Crippen LogP contribution is -2.37. The summed E-state index contributed by atoms with van der Waals surface area (Å²) in [6, 6.07) is 24.5. The number of H-pyrrole nitrogens is 1. The van der Waals surface area contributed by atoms with Gasteiger partial charge < -0.3 is 4.98 Å². The molecule has 0 spiro atoms. The maximum Gasteiger partial charge on any atom is 0.156 e. The van der Waals surface area contributed by atoms with Crippen molar-refractivity contribution in [2.75, 3.05) is 0 Å². The van der Waals surface area contributed by atoms with Crippen LogP contribution in [0.15, 0.2) is 85.3 Å². The monoisotopic (exact) mass is 435 g/mol. The number of nitrogens with one attached hydrogen (secondary N) is 1. The van der Waals surface area contributed by atoms with Crippen LogP contribution >= 0.6 is 0 Å². The number of hydrogen-bond donors (Lipinski definition) is 1. The topological polar surface area (TPSA) is 49.2 Å². The van der Waals surface area contributed by atoms with Gasteiger partial charge in [-0.1, -0.05) is 60.7 Å². The molecule has 5 heteroatoms. The Kier molecular flexibility index (Phi) is 5.40. The van der Waals surface area contributed by atoms with Crippen LogP contribution in [0.2, 0.25) is 0 Å². The van der Waals surface area contributed by atoms with E-state index >= 15 is 0 Å². The van der Waals surface area contributed by atoms with Crippen LogP contribution in [0.25, 0.3) is 16.8 Å². The van der Waals surface area contributed by atoms with Crippen LogP contribution in [-0.4, -0.2) is 30.3 Å². The Labute approximate surface area is 194 Å². The Morgan fingerprint density at radius 3 is 2.12 bits per heavy atom. The standard InChI is InChI=1S/C28H29N5/c1-3-7-21(8-4-1)19-32(20-22-9-5-2-6-10-22)24-13-11-23(12-14-24)26-17-30-27-18-31-28-25(33(26)27)15-16-29-28/h1-10,15-18,23-24,29H,11-14,19-20H2. The molecule has 5 nitrogen and oxygen atoms in total. The number of hydrogen-bond acceptors (Lipinski definition) is 3. The molecule has 1 aliphatic rings. The van der Waals surface area contributed by atoms with Gasteiger partial charge in [0.05, 0.1) is 11.7 Å². The quantitative estimate of drug-likeness (QED) is 0.359. The van der Waals surface area contributed by atoms with Gasteiger partial charge in [0.1, 0.15) is 0 Å². The minimum absolute atomic E-state index is 0.534. The minimum Gasteiger partial charge on any atom is -0.345 e. The Morgan fingerprint density at radius 2 is 1.45 bits per heavy atom. The van der Waals surface area contributed by atoms with Crippen LogP contribution in [0.3, 0.4) is 0 Å². The maximum absolute atomic E-state index is 4.67. The summed E-state index contributed by atoms with van der Waals surface area (Å²) in [6.45, 7) is 1.99. The first-order chi connectivity index (χ1) is 16.3. The Hall–Kier alpha value is -3.44. The summed E-state index contributed by atoms with van der Waals surface area (Å²) < 4.78 is 2.30. The second-order valence-electron chi connectivity index (χ2n) is 9.23. The highest BCUT2D eigenvalue weighted by Gasteiger charge is 2.29. The lowest BCUT2D eigenvalue weighted by molar-refractivity contribution is 0.133. The van der Waals surface area contributed by atoms with E-state index in [1.165, 1.54) is 42.5 Å². The van der Waals surface area contributed by atoms with Crippen LogP contribution in [-0.2, 0) is 13.1 Å². The first-order valence-electron chi connectivity index (χ1n) is 12.0. The van der Waals surface area contributed by atoms with Crippen molar-refractivity contribution in [2.24, 2.45) is 0 Å². The van der Waals surface area contributed by atoms with Gasteiger partial charge in [-0.25, -0.2) is 9.97 Å². The average molecular weight is 436 g/mol. The highest BCUT2D eigenvalue weighted by molar-refractivity contribution is 5.74. The molecule has 6 rings (SSSR count). The second kappa shape index (κ2) is 8.83. The third-order valence-electron chi connectivity index (χ3n) is 7.16. The molecule has 1 fully saturated rings. The molecular formula is C28H29N5. The normalized spacial score (nSPS) is 18.9. The molecule has 3 heterocycles. The van der Waals surface area contributed by atoms with E-state index in [1.807, 2.05) is 12.4 Å². The average Bonchev–Trinajstić information content (AvgIpc) is 3.52. The van der Waals surface area contributed by atoms with E-state index < -0.39 is 0 Å². The highest BCUT2D eigenvalue weighted by Crippen LogP contribution is 2.36. The molecule has 1 aliphatic carbocycles. The van der Waals surface area contributed by atoms with E-state index in [1.54, 1.807) is 0 Å². The molecule has 166 valence electrons. The molecule has 33 heavy (non-hydrogen) atoms. The van der Waals surface area contributed by atoms with E-state index in [9.17, 15) is 0 Å². The molecule has 2 aromatic carbocycles. The van der Waals surface area contributed by atoms with Gasteiger partial charge in [0.2, 0.25) is 0 Å². The molecule has 0 amide bonds. The van der Waals surface area contributed by atoms with Gasteiger partial charge in [0.25, 0.3) is 0 Å². The van der Waals surface area contributed by atoms with Gasteiger partial charge in [0.15, 0.2) is 11.3 Å². The van der Waals surface area contributed by atoms with Crippen molar-refractivity contribution in [1.29, 1.82) is 0 Å². The molecule has 1 N–H and O–H groups in total. The van der Waals surface area contributed by atoms with E-state index in [4.69, 9.17) is 0 Å². The third kappa shape index (κ3) is 4.05. The number of rotatable bonds is 6. The van der Waals surface area contributed by atoms with Crippen LogP contribution in [0.5, 0.6) is 0 Å². The summed E-state index contributed by atoms with van der Waals surface area (Å²) in [6.07, 6.45) is 10.7. The van der Waals surface area contributed by atoms with Crippen LogP contribution < -0.4 is 0 Å². The molecule has 0 radical (unpaired) electrons.